The Kier molecular flexibility index (Phi) is 5.55. The van der Waals surface area contributed by atoms with Gasteiger partial charge in [-0.05, 0) is 73.8 Å². The molecule has 1 aromatic heterocycles. The van der Waals surface area contributed by atoms with Crippen LogP contribution >= 0.6 is 0 Å². The number of nitrogens with zero attached hydrogens (tertiary/aromatic N) is 3. The molecule has 1 fully saturated rings. The molecule has 3 heterocycles. The standard InChI is InChI=1S/C33H32N4O2/c1-22-9-3-4-11-26(22)28-30(38)37(33(36-28)15-5-2-6-16-33)18-8-10-23-13-14-24-20-32(21-25(24)19-23)27-12-7-17-34-29(27)35-31(32)39/h3-4,7-14,17,19H,2,5-6,15-16,18,20-21H2,1H3,(H,34,35,39). The maximum atomic E-state index is 13.7. The summed E-state index contributed by atoms with van der Waals surface area (Å²) in [6.45, 7) is 2.57. The molecule has 7 rings (SSSR count). The molecule has 3 aromatic rings. The Morgan fingerprint density at radius 2 is 1.79 bits per heavy atom. The van der Waals surface area contributed by atoms with Gasteiger partial charge in [0.25, 0.3) is 5.91 Å². The highest BCUT2D eigenvalue weighted by Gasteiger charge is 2.51. The molecule has 4 aliphatic rings. The van der Waals surface area contributed by atoms with Crippen molar-refractivity contribution >= 4 is 29.4 Å². The van der Waals surface area contributed by atoms with E-state index in [2.05, 4.69) is 40.7 Å². The number of pyridine rings is 1. The van der Waals surface area contributed by atoms with E-state index in [4.69, 9.17) is 4.99 Å². The molecule has 2 spiro atoms. The van der Waals surface area contributed by atoms with Gasteiger partial charge < -0.3 is 10.2 Å². The van der Waals surface area contributed by atoms with Gasteiger partial charge in [0.2, 0.25) is 5.91 Å². The van der Waals surface area contributed by atoms with Gasteiger partial charge in [-0.1, -0.05) is 67.1 Å². The Morgan fingerprint density at radius 1 is 0.974 bits per heavy atom. The normalized spacial score (nSPS) is 23.0. The van der Waals surface area contributed by atoms with E-state index in [0.29, 0.717) is 30.9 Å². The maximum Gasteiger partial charge on any atom is 0.274 e. The van der Waals surface area contributed by atoms with Crippen molar-refractivity contribution in [1.82, 2.24) is 9.88 Å². The van der Waals surface area contributed by atoms with Crippen LogP contribution in [0.4, 0.5) is 5.82 Å². The Bertz CT molecular complexity index is 1570. The zero-order chi connectivity index (χ0) is 26.6. The Morgan fingerprint density at radius 3 is 2.64 bits per heavy atom. The maximum absolute atomic E-state index is 13.7. The first kappa shape index (κ1) is 24.0. The van der Waals surface area contributed by atoms with Crippen molar-refractivity contribution in [2.24, 2.45) is 4.99 Å². The molecule has 0 radical (unpaired) electrons. The van der Waals surface area contributed by atoms with Gasteiger partial charge in [-0.2, -0.15) is 0 Å². The van der Waals surface area contributed by atoms with Crippen LogP contribution in [0.1, 0.15) is 65.5 Å². The molecule has 1 unspecified atom stereocenters. The quantitative estimate of drug-likeness (QED) is 0.506. The van der Waals surface area contributed by atoms with Crippen molar-refractivity contribution < 1.29 is 9.59 Å². The summed E-state index contributed by atoms with van der Waals surface area (Å²) in [6.07, 6.45) is 12.5. The van der Waals surface area contributed by atoms with Crippen molar-refractivity contribution in [3.8, 4) is 0 Å². The summed E-state index contributed by atoms with van der Waals surface area (Å²) in [6, 6.07) is 18.4. The number of hydrogen-bond acceptors (Lipinski definition) is 4. The van der Waals surface area contributed by atoms with Gasteiger partial charge >= 0.3 is 0 Å². The zero-order valence-electron chi connectivity index (χ0n) is 22.2. The number of nitrogens with one attached hydrogen (secondary N) is 1. The first-order chi connectivity index (χ1) is 19.0. The van der Waals surface area contributed by atoms with Gasteiger partial charge in [0.1, 0.15) is 17.2 Å². The van der Waals surface area contributed by atoms with Gasteiger partial charge in [0.05, 0.1) is 5.41 Å². The predicted molar refractivity (Wildman–Crippen MR) is 153 cm³/mol. The number of fused-ring (bicyclic) bond motifs is 3. The van der Waals surface area contributed by atoms with Gasteiger partial charge in [-0.3, -0.25) is 14.6 Å². The van der Waals surface area contributed by atoms with Crippen LogP contribution in [0.2, 0.25) is 0 Å². The van der Waals surface area contributed by atoms with Crippen LogP contribution in [0.5, 0.6) is 0 Å². The van der Waals surface area contributed by atoms with Gasteiger partial charge in [0, 0.05) is 23.9 Å². The van der Waals surface area contributed by atoms with E-state index in [-0.39, 0.29) is 11.8 Å². The fraction of sp³-hybridized carbons (Fsp3) is 0.333. The first-order valence-electron chi connectivity index (χ1n) is 14.0. The number of amides is 2. The Balaban J connectivity index is 1.12. The van der Waals surface area contributed by atoms with Crippen molar-refractivity contribution in [1.29, 1.82) is 0 Å². The largest absolute Gasteiger partial charge is 0.310 e. The highest BCUT2D eigenvalue weighted by Crippen LogP contribution is 2.46. The molecular weight excluding hydrogens is 484 g/mol. The fourth-order valence-electron chi connectivity index (χ4n) is 7.08. The van der Waals surface area contributed by atoms with E-state index in [1.165, 1.54) is 17.5 Å². The highest BCUT2D eigenvalue weighted by molar-refractivity contribution is 6.47. The summed E-state index contributed by atoms with van der Waals surface area (Å²) in [4.78, 5) is 38.3. The van der Waals surface area contributed by atoms with Crippen LogP contribution in [0.15, 0.2) is 71.9 Å². The van der Waals surface area contributed by atoms with Crippen molar-refractivity contribution in [2.45, 2.75) is 62.9 Å². The molecule has 196 valence electrons. The molecule has 2 amide bonds. The molecule has 2 aliphatic carbocycles. The number of aryl methyl sites for hydroxylation is 1. The third-order valence-electron chi connectivity index (χ3n) is 9.13. The summed E-state index contributed by atoms with van der Waals surface area (Å²) in [5.74, 6) is 0.764. The SMILES string of the molecule is Cc1ccccc1C1=NC2(CCCCC2)N(CC=Cc2ccc3c(c2)CC2(C3)C(=O)Nc3ncccc32)C1=O. The average molecular weight is 517 g/mol. The lowest BCUT2D eigenvalue weighted by Crippen LogP contribution is -2.48. The molecule has 6 nitrogen and oxygen atoms in total. The summed E-state index contributed by atoms with van der Waals surface area (Å²) >= 11 is 0. The van der Waals surface area contributed by atoms with Gasteiger partial charge in [-0.25, -0.2) is 4.98 Å². The van der Waals surface area contributed by atoms with Crippen LogP contribution in [-0.2, 0) is 27.8 Å². The number of carbonyl (C=O) groups is 2. The number of benzene rings is 2. The smallest absolute Gasteiger partial charge is 0.274 e. The molecule has 6 heteroatoms. The minimum Gasteiger partial charge on any atom is -0.310 e. The Labute approximate surface area is 228 Å². The second-order valence-corrected chi connectivity index (χ2v) is 11.5. The summed E-state index contributed by atoms with van der Waals surface area (Å²) in [7, 11) is 0. The van der Waals surface area contributed by atoms with Crippen LogP contribution in [0, 0.1) is 6.92 Å². The van der Waals surface area contributed by atoms with Gasteiger partial charge in [-0.15, -0.1) is 0 Å². The lowest BCUT2D eigenvalue weighted by Gasteiger charge is -2.38. The van der Waals surface area contributed by atoms with E-state index < -0.39 is 11.1 Å². The average Bonchev–Trinajstić information content (AvgIpc) is 3.55. The number of aromatic nitrogens is 1. The van der Waals surface area contributed by atoms with Crippen LogP contribution in [0.25, 0.3) is 6.08 Å². The minimum atomic E-state index is -0.563. The second kappa shape index (κ2) is 9.01. The molecule has 1 N–H and O–H groups in total. The summed E-state index contributed by atoms with van der Waals surface area (Å²) in [5.41, 5.74) is 6.14. The molecule has 0 saturated heterocycles. The predicted octanol–water partition coefficient (Wildman–Crippen LogP) is 5.38. The van der Waals surface area contributed by atoms with Crippen molar-refractivity contribution in [3.63, 3.8) is 0 Å². The fourth-order valence-corrected chi connectivity index (χ4v) is 7.08. The van der Waals surface area contributed by atoms with Crippen LogP contribution < -0.4 is 5.32 Å². The number of anilines is 1. The summed E-state index contributed by atoms with van der Waals surface area (Å²) < 4.78 is 0. The molecule has 1 saturated carbocycles. The monoisotopic (exact) mass is 516 g/mol. The number of carbonyl (C=O) groups excluding carboxylic acids is 2. The topological polar surface area (TPSA) is 74.7 Å². The Hall–Kier alpha value is -4.06. The molecular formula is C33H32N4O2. The molecule has 2 aliphatic heterocycles. The molecule has 2 aromatic carbocycles. The number of hydrogen-bond donors (Lipinski definition) is 1. The lowest BCUT2D eigenvalue weighted by molar-refractivity contribution is -0.128. The van der Waals surface area contributed by atoms with Gasteiger partial charge in [0.15, 0.2) is 0 Å². The second-order valence-electron chi connectivity index (χ2n) is 11.5. The number of rotatable bonds is 4. The molecule has 1 atom stereocenters. The van der Waals surface area contributed by atoms with Crippen molar-refractivity contribution in [2.75, 3.05) is 11.9 Å². The first-order valence-corrected chi connectivity index (χ1v) is 14.0. The van der Waals surface area contributed by atoms with Crippen LogP contribution in [-0.4, -0.2) is 39.6 Å². The zero-order valence-corrected chi connectivity index (χ0v) is 22.2. The molecule has 39 heavy (non-hydrogen) atoms. The van der Waals surface area contributed by atoms with Crippen molar-refractivity contribution in [3.05, 3.63) is 100 Å². The lowest BCUT2D eigenvalue weighted by atomic mass is 9.79. The highest BCUT2D eigenvalue weighted by atomic mass is 16.2. The van der Waals surface area contributed by atoms with E-state index in [9.17, 15) is 9.59 Å². The van der Waals surface area contributed by atoms with E-state index >= 15 is 0 Å². The van der Waals surface area contributed by atoms with E-state index in [0.717, 1.165) is 47.9 Å². The van der Waals surface area contributed by atoms with Crippen LogP contribution in [0.3, 0.4) is 0 Å². The van der Waals surface area contributed by atoms with E-state index in [1.54, 1.807) is 6.20 Å². The third-order valence-corrected chi connectivity index (χ3v) is 9.13. The summed E-state index contributed by atoms with van der Waals surface area (Å²) in [5, 5.41) is 2.98. The van der Waals surface area contributed by atoms with E-state index in [1.807, 2.05) is 48.2 Å². The number of aliphatic imine (C=N–C) groups is 1. The minimum absolute atomic E-state index is 0.0336. The third kappa shape index (κ3) is 3.76. The molecule has 0 bridgehead atoms.